The van der Waals surface area contributed by atoms with E-state index in [2.05, 4.69) is 29.8 Å². The van der Waals surface area contributed by atoms with Gasteiger partial charge < -0.3 is 5.11 Å². The Labute approximate surface area is 132 Å². The normalized spacial score (nSPS) is 20.0. The molecule has 1 aromatic rings. The third-order valence-electron chi connectivity index (χ3n) is 3.19. The Balaban J connectivity index is 2.40. The van der Waals surface area contributed by atoms with E-state index in [4.69, 9.17) is 0 Å². The molecule has 4 nitrogen and oxygen atoms in total. The van der Waals surface area contributed by atoms with E-state index in [1.54, 1.807) is 23.9 Å². The summed E-state index contributed by atoms with van der Waals surface area (Å²) in [5.41, 5.74) is 0.595. The third-order valence-corrected chi connectivity index (χ3v) is 7.32. The highest BCUT2D eigenvalue weighted by Crippen LogP contribution is 2.34. The molecular formula is C13H18BrNO3S2. The number of nitrogens with zero attached hydrogens (tertiary/aromatic N) is 1. The van der Waals surface area contributed by atoms with Crippen molar-refractivity contribution in [1.82, 2.24) is 4.31 Å². The minimum atomic E-state index is -3.53. The van der Waals surface area contributed by atoms with Crippen LogP contribution in [-0.2, 0) is 16.6 Å². The Morgan fingerprint density at radius 3 is 2.75 bits per heavy atom. The van der Waals surface area contributed by atoms with Gasteiger partial charge in [0, 0.05) is 28.1 Å². The molecule has 0 atom stereocenters. The lowest BCUT2D eigenvalue weighted by atomic mass is 10.2. The zero-order valence-electron chi connectivity index (χ0n) is 11.5. The largest absolute Gasteiger partial charge is 0.392 e. The van der Waals surface area contributed by atoms with Crippen LogP contribution >= 0.6 is 27.7 Å². The minimum Gasteiger partial charge on any atom is -0.392 e. The molecule has 0 spiro atoms. The summed E-state index contributed by atoms with van der Waals surface area (Å²) >= 11 is 5.09. The lowest BCUT2D eigenvalue weighted by Crippen LogP contribution is -2.46. The quantitative estimate of drug-likeness (QED) is 0.875. The predicted molar refractivity (Wildman–Crippen MR) is 85.4 cm³/mol. The van der Waals surface area contributed by atoms with Crippen LogP contribution in [0, 0.1) is 0 Å². The van der Waals surface area contributed by atoms with Crippen molar-refractivity contribution in [2.24, 2.45) is 0 Å². The molecule has 0 amide bonds. The van der Waals surface area contributed by atoms with Crippen LogP contribution in [0.15, 0.2) is 27.6 Å². The number of benzene rings is 1. The Morgan fingerprint density at radius 1 is 1.45 bits per heavy atom. The fraction of sp³-hybridized carbons (Fsp3) is 0.538. The first kappa shape index (κ1) is 16.3. The van der Waals surface area contributed by atoms with Crippen LogP contribution in [-0.4, -0.2) is 41.4 Å². The molecule has 20 heavy (non-hydrogen) atoms. The van der Waals surface area contributed by atoms with Crippen molar-refractivity contribution in [3.8, 4) is 0 Å². The van der Waals surface area contributed by atoms with E-state index in [0.29, 0.717) is 23.1 Å². The second-order valence-electron chi connectivity index (χ2n) is 5.37. The molecule has 0 bridgehead atoms. The number of thioether (sulfide) groups is 1. The number of halogens is 1. The van der Waals surface area contributed by atoms with E-state index in [1.807, 2.05) is 0 Å². The lowest BCUT2D eigenvalue weighted by Gasteiger charge is -2.36. The number of hydrogen-bond acceptors (Lipinski definition) is 4. The van der Waals surface area contributed by atoms with Gasteiger partial charge in [0.1, 0.15) is 0 Å². The number of rotatable bonds is 3. The van der Waals surface area contributed by atoms with Crippen molar-refractivity contribution in [1.29, 1.82) is 0 Å². The van der Waals surface area contributed by atoms with Crippen LogP contribution in [0.1, 0.15) is 19.4 Å². The lowest BCUT2D eigenvalue weighted by molar-refractivity contribution is 0.281. The zero-order chi connectivity index (χ0) is 15.0. The number of hydrogen-bond donors (Lipinski definition) is 1. The summed E-state index contributed by atoms with van der Waals surface area (Å²) in [4.78, 5) is 0.228. The SMILES string of the molecule is CC1(C)CN(S(=O)(=O)c2cc(CO)ccc2Br)CCS1. The van der Waals surface area contributed by atoms with E-state index in [1.165, 1.54) is 10.4 Å². The first-order valence-electron chi connectivity index (χ1n) is 6.30. The molecule has 1 aliphatic rings. The Bertz CT molecular complexity index is 602. The summed E-state index contributed by atoms with van der Waals surface area (Å²) in [6.45, 7) is 4.95. The van der Waals surface area contributed by atoms with E-state index in [0.717, 1.165) is 5.75 Å². The molecule has 0 unspecified atom stereocenters. The first-order chi connectivity index (χ1) is 9.26. The van der Waals surface area contributed by atoms with Crippen LogP contribution in [0.2, 0.25) is 0 Å². The van der Waals surface area contributed by atoms with E-state index in [9.17, 15) is 13.5 Å². The van der Waals surface area contributed by atoms with Crippen molar-refractivity contribution < 1.29 is 13.5 Å². The van der Waals surface area contributed by atoms with E-state index >= 15 is 0 Å². The summed E-state index contributed by atoms with van der Waals surface area (Å²) in [5, 5.41) is 9.19. The third kappa shape index (κ3) is 3.39. The topological polar surface area (TPSA) is 57.6 Å². The van der Waals surface area contributed by atoms with Gasteiger partial charge in [0.2, 0.25) is 10.0 Å². The van der Waals surface area contributed by atoms with Crippen LogP contribution in [0.4, 0.5) is 0 Å². The number of aliphatic hydroxyl groups excluding tert-OH is 1. The molecule has 0 aliphatic carbocycles. The van der Waals surface area contributed by atoms with Crippen LogP contribution in [0.3, 0.4) is 0 Å². The molecule has 7 heteroatoms. The molecule has 1 fully saturated rings. The average Bonchev–Trinajstić information content (AvgIpc) is 2.38. The molecular weight excluding hydrogens is 362 g/mol. The van der Waals surface area contributed by atoms with Crippen molar-refractivity contribution >= 4 is 37.7 Å². The van der Waals surface area contributed by atoms with Crippen molar-refractivity contribution in [3.05, 3.63) is 28.2 Å². The fourth-order valence-electron chi connectivity index (χ4n) is 2.16. The molecule has 1 aliphatic heterocycles. The second kappa shape index (κ2) is 5.96. The molecule has 2 rings (SSSR count). The second-order valence-corrected chi connectivity index (χ2v) is 9.93. The molecule has 112 valence electrons. The van der Waals surface area contributed by atoms with Gasteiger partial charge >= 0.3 is 0 Å². The molecule has 0 saturated carbocycles. The van der Waals surface area contributed by atoms with Gasteiger partial charge in [-0.15, -0.1) is 0 Å². The van der Waals surface area contributed by atoms with Crippen LogP contribution < -0.4 is 0 Å². The summed E-state index contributed by atoms with van der Waals surface area (Å²) in [6.07, 6.45) is 0. The van der Waals surface area contributed by atoms with Crippen LogP contribution in [0.5, 0.6) is 0 Å². The van der Waals surface area contributed by atoms with E-state index < -0.39 is 10.0 Å². The maximum Gasteiger partial charge on any atom is 0.244 e. The van der Waals surface area contributed by atoms with Gasteiger partial charge in [-0.05, 0) is 47.5 Å². The standard InChI is InChI=1S/C13H18BrNO3S2/c1-13(2)9-15(5-6-19-13)20(17,18)12-7-10(8-16)3-4-11(12)14/h3-4,7,16H,5-6,8-9H2,1-2H3. The van der Waals surface area contributed by atoms with Gasteiger partial charge in [0.15, 0.2) is 0 Å². The zero-order valence-corrected chi connectivity index (χ0v) is 14.7. The van der Waals surface area contributed by atoms with Crippen molar-refractivity contribution in [2.45, 2.75) is 30.1 Å². The molecule has 0 radical (unpaired) electrons. The number of sulfonamides is 1. The molecule has 1 heterocycles. The van der Waals surface area contributed by atoms with Gasteiger partial charge in [-0.1, -0.05) is 6.07 Å². The summed E-state index contributed by atoms with van der Waals surface area (Å²) < 4.78 is 27.5. The van der Waals surface area contributed by atoms with Gasteiger partial charge in [0.05, 0.1) is 11.5 Å². The molecule has 1 N–H and O–H groups in total. The highest BCUT2D eigenvalue weighted by Gasteiger charge is 2.35. The first-order valence-corrected chi connectivity index (χ1v) is 9.51. The predicted octanol–water partition coefficient (Wildman–Crippen LogP) is 2.46. The fourth-order valence-corrected chi connectivity index (χ4v) is 6.05. The van der Waals surface area contributed by atoms with Crippen molar-refractivity contribution in [3.63, 3.8) is 0 Å². The molecule has 1 saturated heterocycles. The molecule has 0 aromatic heterocycles. The smallest absolute Gasteiger partial charge is 0.244 e. The minimum absolute atomic E-state index is 0.0770. The maximum absolute atomic E-state index is 12.8. The van der Waals surface area contributed by atoms with Gasteiger partial charge in [0.25, 0.3) is 0 Å². The summed E-state index contributed by atoms with van der Waals surface area (Å²) in [5.74, 6) is 0.795. The molecule has 1 aromatic carbocycles. The highest BCUT2D eigenvalue weighted by molar-refractivity contribution is 9.10. The average molecular weight is 380 g/mol. The van der Waals surface area contributed by atoms with E-state index in [-0.39, 0.29) is 16.2 Å². The monoisotopic (exact) mass is 379 g/mol. The van der Waals surface area contributed by atoms with Crippen LogP contribution in [0.25, 0.3) is 0 Å². The Kier molecular flexibility index (Phi) is 4.86. The Morgan fingerprint density at radius 2 is 2.15 bits per heavy atom. The Hall–Kier alpha value is -0.0800. The summed E-state index contributed by atoms with van der Waals surface area (Å²) in [7, 11) is -3.53. The van der Waals surface area contributed by atoms with Gasteiger partial charge in [-0.3, -0.25) is 0 Å². The van der Waals surface area contributed by atoms with Gasteiger partial charge in [-0.2, -0.15) is 16.1 Å². The highest BCUT2D eigenvalue weighted by atomic mass is 79.9. The summed E-state index contributed by atoms with van der Waals surface area (Å²) in [6, 6.07) is 4.91. The van der Waals surface area contributed by atoms with Crippen molar-refractivity contribution in [2.75, 3.05) is 18.8 Å². The van der Waals surface area contributed by atoms with Gasteiger partial charge in [-0.25, -0.2) is 8.42 Å². The number of aliphatic hydroxyl groups is 1. The maximum atomic E-state index is 12.8.